The van der Waals surface area contributed by atoms with E-state index < -0.39 is 33.4 Å². The second kappa shape index (κ2) is 9.73. The number of likely N-dealkylation sites (N-methyl/N-ethyl adjacent to an activating group) is 1. The number of amides is 3. The minimum atomic E-state index is -3.80. The van der Waals surface area contributed by atoms with Gasteiger partial charge >= 0.3 is 6.03 Å². The number of hydroxylamine groups is 1. The lowest BCUT2D eigenvalue weighted by Crippen LogP contribution is -2.66. The Morgan fingerprint density at radius 3 is 2.44 bits per heavy atom. The molecular formula is C23H39FN6O5S. The van der Waals surface area contributed by atoms with Crippen LogP contribution in [0.3, 0.4) is 0 Å². The van der Waals surface area contributed by atoms with Crippen molar-refractivity contribution in [1.82, 2.24) is 30.4 Å². The fraction of sp³-hybridized carbons (Fsp3) is 0.913. The van der Waals surface area contributed by atoms with E-state index in [1.54, 1.807) is 4.90 Å². The highest BCUT2D eigenvalue weighted by Crippen LogP contribution is 2.41. The zero-order chi connectivity index (χ0) is 25.8. The number of hydrazine groups is 1. The number of halogens is 1. The van der Waals surface area contributed by atoms with Crippen molar-refractivity contribution in [2.24, 2.45) is 5.92 Å². The lowest BCUT2D eigenvalue weighted by molar-refractivity contribution is -0.142. The number of sulfonamides is 1. The lowest BCUT2D eigenvalue weighted by Gasteiger charge is -2.49. The Hall–Kier alpha value is -1.38. The van der Waals surface area contributed by atoms with E-state index in [-0.39, 0.29) is 55.2 Å². The van der Waals surface area contributed by atoms with Gasteiger partial charge in [0.05, 0.1) is 29.4 Å². The third-order valence-corrected chi connectivity index (χ3v) is 10.6. The molecule has 7 atom stereocenters. The molecule has 5 aliphatic rings. The molecule has 11 nitrogen and oxygen atoms in total. The molecule has 13 heteroatoms. The van der Waals surface area contributed by atoms with E-state index >= 15 is 0 Å². The number of hydrogen-bond acceptors (Lipinski definition) is 8. The standard InChI is InChI=1S/C23H39FN6O5S/c1-14-8-16(28(3)25-14)11-29-20-5-4-18(36(33,34)27-23(13-24)6-7-23)10-19(20)21(31)30(22(29)32)12-17-9-15(2)26-35-17/h14-20,25-27H,4-13H2,1-3H3. The largest absolute Gasteiger partial charge is 0.327 e. The Labute approximate surface area is 212 Å². The number of nitrogens with zero attached hydrogens (tertiary/aromatic N) is 3. The third kappa shape index (κ3) is 5.02. The number of carbonyl (C=O) groups excluding carboxylic acids is 2. The first-order chi connectivity index (χ1) is 17.0. The van der Waals surface area contributed by atoms with Gasteiger partial charge in [0.25, 0.3) is 0 Å². The highest BCUT2D eigenvalue weighted by molar-refractivity contribution is 7.90. The summed E-state index contributed by atoms with van der Waals surface area (Å²) in [5, 5.41) is 1.23. The van der Waals surface area contributed by atoms with Gasteiger partial charge in [-0.3, -0.25) is 20.0 Å². The maximum absolute atomic E-state index is 13.7. The number of hydrogen-bond donors (Lipinski definition) is 3. The van der Waals surface area contributed by atoms with Crippen LogP contribution >= 0.6 is 0 Å². The predicted molar refractivity (Wildman–Crippen MR) is 130 cm³/mol. The molecule has 0 aromatic heterocycles. The second-order valence-corrected chi connectivity index (χ2v) is 13.5. The topological polar surface area (TPSA) is 123 Å². The molecule has 0 spiro atoms. The van der Waals surface area contributed by atoms with Crippen LogP contribution in [0.25, 0.3) is 0 Å². The highest BCUT2D eigenvalue weighted by atomic mass is 32.2. The fourth-order valence-corrected chi connectivity index (χ4v) is 8.26. The summed E-state index contributed by atoms with van der Waals surface area (Å²) in [4.78, 5) is 36.0. The van der Waals surface area contributed by atoms with E-state index in [9.17, 15) is 22.4 Å². The monoisotopic (exact) mass is 530 g/mol. The van der Waals surface area contributed by atoms with Crippen molar-refractivity contribution in [1.29, 1.82) is 0 Å². The van der Waals surface area contributed by atoms with Gasteiger partial charge in [-0.05, 0) is 58.8 Å². The molecule has 204 valence electrons. The van der Waals surface area contributed by atoms with Crippen molar-refractivity contribution in [3.8, 4) is 0 Å². The van der Waals surface area contributed by atoms with Crippen molar-refractivity contribution < 1.29 is 27.2 Å². The first-order valence-corrected chi connectivity index (χ1v) is 14.7. The molecule has 5 rings (SSSR count). The molecule has 5 fully saturated rings. The van der Waals surface area contributed by atoms with Crippen LogP contribution in [0.5, 0.6) is 0 Å². The van der Waals surface area contributed by atoms with Crippen LogP contribution in [0.2, 0.25) is 0 Å². The second-order valence-electron chi connectivity index (χ2n) is 11.6. The first-order valence-electron chi connectivity index (χ1n) is 13.1. The average Bonchev–Trinajstić information content (AvgIpc) is 3.35. The molecule has 3 heterocycles. The molecule has 2 aliphatic carbocycles. The summed E-state index contributed by atoms with van der Waals surface area (Å²) in [5.41, 5.74) is 5.27. The molecular weight excluding hydrogens is 491 g/mol. The lowest BCUT2D eigenvalue weighted by atomic mass is 9.80. The molecule has 3 N–H and O–H groups in total. The Morgan fingerprint density at radius 2 is 1.86 bits per heavy atom. The zero-order valence-corrected chi connectivity index (χ0v) is 22.1. The van der Waals surface area contributed by atoms with Gasteiger partial charge in [-0.15, -0.1) is 0 Å². The van der Waals surface area contributed by atoms with Gasteiger partial charge in [0.15, 0.2) is 0 Å². The summed E-state index contributed by atoms with van der Waals surface area (Å²) >= 11 is 0. The van der Waals surface area contributed by atoms with Crippen LogP contribution in [0.4, 0.5) is 9.18 Å². The molecule has 7 unspecified atom stereocenters. The number of carbonyl (C=O) groups is 2. The van der Waals surface area contributed by atoms with Gasteiger partial charge in [-0.1, -0.05) is 0 Å². The molecule has 0 aromatic rings. The van der Waals surface area contributed by atoms with Crippen molar-refractivity contribution in [2.45, 2.75) is 99.9 Å². The van der Waals surface area contributed by atoms with Crippen LogP contribution in [-0.4, -0.2) is 103 Å². The van der Waals surface area contributed by atoms with Gasteiger partial charge in [0.1, 0.15) is 6.67 Å². The summed E-state index contributed by atoms with van der Waals surface area (Å²) in [6.45, 7) is 3.92. The van der Waals surface area contributed by atoms with E-state index in [4.69, 9.17) is 4.84 Å². The van der Waals surface area contributed by atoms with Gasteiger partial charge in [-0.2, -0.15) is 5.48 Å². The van der Waals surface area contributed by atoms with Crippen LogP contribution < -0.4 is 15.6 Å². The minimum Gasteiger partial charge on any atom is -0.319 e. The maximum Gasteiger partial charge on any atom is 0.327 e. The molecule has 3 aliphatic heterocycles. The third-order valence-electron chi connectivity index (χ3n) is 8.58. The summed E-state index contributed by atoms with van der Waals surface area (Å²) in [6.07, 6.45) is 3.08. The average molecular weight is 531 g/mol. The number of fused-ring (bicyclic) bond motifs is 1. The van der Waals surface area contributed by atoms with Gasteiger partial charge in [-0.25, -0.2) is 27.3 Å². The van der Waals surface area contributed by atoms with E-state index in [1.807, 2.05) is 19.0 Å². The number of rotatable bonds is 8. The number of urea groups is 1. The highest BCUT2D eigenvalue weighted by Gasteiger charge is 2.54. The Balaban J connectivity index is 1.37. The molecule has 2 saturated carbocycles. The van der Waals surface area contributed by atoms with Crippen molar-refractivity contribution in [3.05, 3.63) is 0 Å². The predicted octanol–water partition coefficient (Wildman–Crippen LogP) is 0.489. The molecule has 3 saturated heterocycles. The molecule has 3 amide bonds. The number of alkyl halides is 1. The Kier molecular flexibility index (Phi) is 7.09. The molecule has 0 bridgehead atoms. The van der Waals surface area contributed by atoms with Gasteiger partial charge < -0.3 is 4.90 Å². The van der Waals surface area contributed by atoms with E-state index in [1.165, 1.54) is 4.90 Å². The van der Waals surface area contributed by atoms with Crippen LogP contribution in [0.1, 0.15) is 58.8 Å². The number of imide groups is 1. The zero-order valence-electron chi connectivity index (χ0n) is 21.3. The Morgan fingerprint density at radius 1 is 1.11 bits per heavy atom. The van der Waals surface area contributed by atoms with Crippen molar-refractivity contribution in [3.63, 3.8) is 0 Å². The summed E-state index contributed by atoms with van der Waals surface area (Å²) < 4.78 is 42.3. The van der Waals surface area contributed by atoms with Gasteiger partial charge in [0, 0.05) is 37.8 Å². The summed E-state index contributed by atoms with van der Waals surface area (Å²) in [7, 11) is -1.84. The molecule has 0 radical (unpaired) electrons. The molecule has 36 heavy (non-hydrogen) atoms. The van der Waals surface area contributed by atoms with Crippen LogP contribution in [0.15, 0.2) is 0 Å². The first kappa shape index (κ1) is 26.2. The smallest absolute Gasteiger partial charge is 0.319 e. The van der Waals surface area contributed by atoms with Crippen LogP contribution in [0, 0.1) is 5.92 Å². The Bertz CT molecular complexity index is 980. The van der Waals surface area contributed by atoms with Crippen molar-refractivity contribution >= 4 is 22.0 Å². The number of nitrogens with one attached hydrogen (secondary N) is 3. The normalized spacial score (nSPS) is 39.1. The van der Waals surface area contributed by atoms with Crippen LogP contribution in [-0.2, 0) is 19.7 Å². The quantitative estimate of drug-likeness (QED) is 0.414. The minimum absolute atomic E-state index is 0.0893. The summed E-state index contributed by atoms with van der Waals surface area (Å²) in [6, 6.07) is -0.189. The fourth-order valence-electron chi connectivity index (χ4n) is 6.32. The SMILES string of the molecule is CC1CC(CN2C(=O)C3CC(S(=O)(=O)NC4(CF)CC4)CCC3N(CC3CC(C)NN3C)C2=O)ON1. The van der Waals surface area contributed by atoms with E-state index in [0.29, 0.717) is 38.6 Å². The molecule has 0 aromatic carbocycles. The summed E-state index contributed by atoms with van der Waals surface area (Å²) in [5.74, 6) is -0.954. The van der Waals surface area contributed by atoms with Gasteiger partial charge in [0.2, 0.25) is 15.9 Å². The maximum atomic E-state index is 13.7. The van der Waals surface area contributed by atoms with E-state index in [0.717, 1.165) is 6.42 Å². The van der Waals surface area contributed by atoms with E-state index in [2.05, 4.69) is 22.6 Å². The van der Waals surface area contributed by atoms with Crippen molar-refractivity contribution in [2.75, 3.05) is 26.8 Å².